The Morgan fingerprint density at radius 1 is 1.20 bits per heavy atom. The predicted octanol–water partition coefficient (Wildman–Crippen LogP) is 2.63. The first-order valence-electron chi connectivity index (χ1n) is 4.33. The van der Waals surface area contributed by atoms with Gasteiger partial charge in [0.25, 0.3) is 0 Å². The van der Waals surface area contributed by atoms with E-state index < -0.39 is 0 Å². The van der Waals surface area contributed by atoms with Gasteiger partial charge >= 0.3 is 6.01 Å². The highest BCUT2D eigenvalue weighted by Gasteiger charge is 2.00. The summed E-state index contributed by atoms with van der Waals surface area (Å²) in [6.45, 7) is 1.87. The molecule has 0 aliphatic carbocycles. The van der Waals surface area contributed by atoms with Gasteiger partial charge in [-0.2, -0.15) is 0 Å². The number of halogens is 1. The lowest BCUT2D eigenvalue weighted by molar-refractivity contribution is 0.438. The maximum Gasteiger partial charge on any atom is 0.322 e. The third-order valence-electron chi connectivity index (χ3n) is 1.68. The molecule has 0 bridgehead atoms. The first-order chi connectivity index (χ1) is 7.24. The van der Waals surface area contributed by atoms with Crippen LogP contribution >= 0.6 is 11.6 Å². The van der Waals surface area contributed by atoms with Crippen molar-refractivity contribution < 1.29 is 4.74 Å². The van der Waals surface area contributed by atoms with Gasteiger partial charge in [0.15, 0.2) is 0 Å². The molecule has 4 nitrogen and oxygen atoms in total. The third-order valence-corrected chi connectivity index (χ3v) is 1.91. The smallest absolute Gasteiger partial charge is 0.322 e. The number of hydrogen-bond donors (Lipinski definition) is 0. The Morgan fingerprint density at radius 2 is 2.07 bits per heavy atom. The number of aryl methyl sites for hydroxylation is 1. The second-order valence-corrected chi connectivity index (χ2v) is 3.29. The molecule has 15 heavy (non-hydrogen) atoms. The lowest BCUT2D eigenvalue weighted by atomic mass is 10.4. The second kappa shape index (κ2) is 4.23. The number of pyridine rings is 1. The summed E-state index contributed by atoms with van der Waals surface area (Å²) in [6.07, 6.45) is 3.16. The van der Waals surface area contributed by atoms with Crippen LogP contribution in [0.3, 0.4) is 0 Å². The van der Waals surface area contributed by atoms with Gasteiger partial charge in [-0.25, -0.2) is 15.0 Å². The van der Waals surface area contributed by atoms with Crippen molar-refractivity contribution in [3.05, 3.63) is 41.4 Å². The summed E-state index contributed by atoms with van der Waals surface area (Å²) in [6, 6.07) is 5.46. The lowest BCUT2D eigenvalue weighted by Gasteiger charge is -2.02. The first kappa shape index (κ1) is 9.86. The van der Waals surface area contributed by atoms with Crippen LogP contribution in [0.2, 0.25) is 5.15 Å². The molecule has 0 amide bonds. The summed E-state index contributed by atoms with van der Waals surface area (Å²) < 4.78 is 5.37. The standard InChI is InChI=1S/C10H8ClN3O/c1-7-4-5-12-10(14-7)15-8-2-3-9(11)13-6-8/h2-6H,1H3. The van der Waals surface area contributed by atoms with Crippen molar-refractivity contribution >= 4 is 11.6 Å². The Hall–Kier alpha value is -1.68. The molecule has 2 heterocycles. The zero-order valence-corrected chi connectivity index (χ0v) is 8.77. The van der Waals surface area contributed by atoms with Gasteiger partial charge in [0.2, 0.25) is 0 Å². The van der Waals surface area contributed by atoms with Crippen LogP contribution in [-0.4, -0.2) is 15.0 Å². The van der Waals surface area contributed by atoms with Crippen LogP contribution < -0.4 is 4.74 Å². The van der Waals surface area contributed by atoms with Crippen molar-refractivity contribution in [2.24, 2.45) is 0 Å². The quantitative estimate of drug-likeness (QED) is 0.732. The van der Waals surface area contributed by atoms with Crippen molar-refractivity contribution in [2.75, 3.05) is 0 Å². The average molecular weight is 222 g/mol. The van der Waals surface area contributed by atoms with E-state index in [-0.39, 0.29) is 0 Å². The molecule has 0 saturated heterocycles. The molecule has 0 aromatic carbocycles. The number of rotatable bonds is 2. The molecule has 2 aromatic rings. The molecular weight excluding hydrogens is 214 g/mol. The molecule has 0 aliphatic heterocycles. The van der Waals surface area contributed by atoms with Gasteiger partial charge in [-0.1, -0.05) is 11.6 Å². The molecular formula is C10H8ClN3O. The molecule has 0 spiro atoms. The van der Waals surface area contributed by atoms with Crippen molar-refractivity contribution in [1.29, 1.82) is 0 Å². The van der Waals surface area contributed by atoms with E-state index in [9.17, 15) is 0 Å². The highest BCUT2D eigenvalue weighted by Crippen LogP contribution is 2.17. The minimum absolute atomic E-state index is 0.305. The van der Waals surface area contributed by atoms with E-state index in [4.69, 9.17) is 16.3 Å². The summed E-state index contributed by atoms with van der Waals surface area (Å²) in [7, 11) is 0. The summed E-state index contributed by atoms with van der Waals surface area (Å²) in [5.74, 6) is 0.560. The van der Waals surface area contributed by atoms with Crippen LogP contribution in [0.4, 0.5) is 0 Å². The Labute approximate surface area is 91.9 Å². The molecule has 0 atom stereocenters. The van der Waals surface area contributed by atoms with Crippen LogP contribution in [0.5, 0.6) is 11.8 Å². The van der Waals surface area contributed by atoms with E-state index in [2.05, 4.69) is 15.0 Å². The summed E-state index contributed by atoms with van der Waals surface area (Å²) in [4.78, 5) is 11.9. The minimum Gasteiger partial charge on any atom is -0.423 e. The van der Waals surface area contributed by atoms with E-state index in [1.807, 2.05) is 6.92 Å². The average Bonchev–Trinajstić information content (AvgIpc) is 2.22. The summed E-state index contributed by atoms with van der Waals surface area (Å²) in [5, 5.41) is 0.424. The molecule has 0 unspecified atom stereocenters. The van der Waals surface area contributed by atoms with Gasteiger partial charge in [0.05, 0.1) is 6.20 Å². The van der Waals surface area contributed by atoms with Gasteiger partial charge in [0.1, 0.15) is 10.9 Å². The maximum atomic E-state index is 5.64. The number of ether oxygens (including phenoxy) is 1. The number of nitrogens with zero attached hydrogens (tertiary/aromatic N) is 3. The molecule has 5 heteroatoms. The molecule has 2 aromatic heterocycles. The van der Waals surface area contributed by atoms with E-state index in [1.165, 1.54) is 6.20 Å². The van der Waals surface area contributed by atoms with Crippen molar-refractivity contribution in [3.63, 3.8) is 0 Å². The molecule has 76 valence electrons. The Bertz CT molecular complexity index is 458. The van der Waals surface area contributed by atoms with Crippen molar-refractivity contribution in [1.82, 2.24) is 15.0 Å². The van der Waals surface area contributed by atoms with E-state index in [0.29, 0.717) is 16.9 Å². The maximum absolute atomic E-state index is 5.64. The van der Waals surface area contributed by atoms with Gasteiger partial charge in [-0.3, -0.25) is 0 Å². The largest absolute Gasteiger partial charge is 0.423 e. The third kappa shape index (κ3) is 2.63. The van der Waals surface area contributed by atoms with E-state index in [1.54, 1.807) is 24.4 Å². The van der Waals surface area contributed by atoms with Crippen molar-refractivity contribution in [2.45, 2.75) is 6.92 Å². The molecule has 0 aliphatic rings. The van der Waals surface area contributed by atoms with Crippen LogP contribution in [0, 0.1) is 6.92 Å². The Morgan fingerprint density at radius 3 is 2.73 bits per heavy atom. The fraction of sp³-hybridized carbons (Fsp3) is 0.100. The minimum atomic E-state index is 0.305. The molecule has 0 saturated carbocycles. The SMILES string of the molecule is Cc1ccnc(Oc2ccc(Cl)nc2)n1. The Balaban J connectivity index is 2.18. The molecule has 2 rings (SSSR count). The first-order valence-corrected chi connectivity index (χ1v) is 4.71. The normalized spacial score (nSPS) is 10.0. The monoisotopic (exact) mass is 221 g/mol. The van der Waals surface area contributed by atoms with E-state index >= 15 is 0 Å². The van der Waals surface area contributed by atoms with Crippen LogP contribution in [-0.2, 0) is 0 Å². The lowest BCUT2D eigenvalue weighted by Crippen LogP contribution is -1.93. The molecule has 0 radical (unpaired) electrons. The van der Waals surface area contributed by atoms with E-state index in [0.717, 1.165) is 5.69 Å². The molecule has 0 fully saturated rings. The predicted molar refractivity (Wildman–Crippen MR) is 56.1 cm³/mol. The number of hydrogen-bond acceptors (Lipinski definition) is 4. The zero-order valence-electron chi connectivity index (χ0n) is 8.01. The highest BCUT2D eigenvalue weighted by atomic mass is 35.5. The zero-order chi connectivity index (χ0) is 10.7. The van der Waals surface area contributed by atoms with Gasteiger partial charge in [0, 0.05) is 11.9 Å². The summed E-state index contributed by atoms with van der Waals surface area (Å²) >= 11 is 5.64. The number of aromatic nitrogens is 3. The highest BCUT2D eigenvalue weighted by molar-refractivity contribution is 6.29. The second-order valence-electron chi connectivity index (χ2n) is 2.90. The van der Waals surface area contributed by atoms with Crippen LogP contribution in [0.15, 0.2) is 30.6 Å². The molecule has 0 N–H and O–H groups in total. The van der Waals surface area contributed by atoms with Gasteiger partial charge in [-0.15, -0.1) is 0 Å². The topological polar surface area (TPSA) is 47.9 Å². The van der Waals surface area contributed by atoms with Crippen molar-refractivity contribution in [3.8, 4) is 11.8 Å². The van der Waals surface area contributed by atoms with Crippen LogP contribution in [0.1, 0.15) is 5.69 Å². The summed E-state index contributed by atoms with van der Waals surface area (Å²) in [5.41, 5.74) is 0.849. The van der Waals surface area contributed by atoms with Gasteiger partial charge in [-0.05, 0) is 25.1 Å². The van der Waals surface area contributed by atoms with Crippen LogP contribution in [0.25, 0.3) is 0 Å². The fourth-order valence-electron chi connectivity index (χ4n) is 1.00. The fourth-order valence-corrected chi connectivity index (χ4v) is 1.11. The van der Waals surface area contributed by atoms with Gasteiger partial charge < -0.3 is 4.74 Å². The Kier molecular flexibility index (Phi) is 2.78.